The van der Waals surface area contributed by atoms with Gasteiger partial charge in [-0.25, -0.2) is 0 Å². The number of carbonyl (C=O) groups excluding carboxylic acids is 1. The quantitative estimate of drug-likeness (QED) is 0.760. The van der Waals surface area contributed by atoms with Crippen molar-refractivity contribution < 1.29 is 4.79 Å². The van der Waals surface area contributed by atoms with Gasteiger partial charge in [0.25, 0.3) is 5.91 Å². The Balaban J connectivity index is 1.71. The Hall–Kier alpha value is -1.39. The topological polar surface area (TPSA) is 58.4 Å². The summed E-state index contributed by atoms with van der Waals surface area (Å²) in [6.45, 7) is 4.72. The molecule has 0 bridgehead atoms. The Kier molecular flexibility index (Phi) is 5.36. The third kappa shape index (κ3) is 4.33. The van der Waals surface area contributed by atoms with Gasteiger partial charge in [-0.1, -0.05) is 12.1 Å². The van der Waals surface area contributed by atoms with E-state index in [1.165, 1.54) is 25.9 Å². The number of hydrogen-bond acceptors (Lipinski definition) is 3. The number of nitrogens with one attached hydrogen (secondary N) is 1. The van der Waals surface area contributed by atoms with E-state index in [0.717, 1.165) is 25.1 Å². The highest BCUT2D eigenvalue weighted by atomic mass is 16.1. The van der Waals surface area contributed by atoms with Gasteiger partial charge in [0.2, 0.25) is 0 Å². The summed E-state index contributed by atoms with van der Waals surface area (Å²) in [7, 11) is 0. The minimum atomic E-state index is -0.00304. The van der Waals surface area contributed by atoms with E-state index in [2.05, 4.69) is 10.2 Å². The molecule has 4 nitrogen and oxygen atoms in total. The molecule has 0 unspecified atom stereocenters. The Morgan fingerprint density at radius 2 is 2.11 bits per heavy atom. The molecule has 0 aromatic heterocycles. The molecule has 3 N–H and O–H groups in total. The molecule has 1 fully saturated rings. The van der Waals surface area contributed by atoms with Crippen LogP contribution < -0.4 is 11.1 Å². The highest BCUT2D eigenvalue weighted by Crippen LogP contribution is 2.07. The van der Waals surface area contributed by atoms with Crippen LogP contribution in [0, 0.1) is 0 Å². The van der Waals surface area contributed by atoms with E-state index in [1.807, 2.05) is 24.3 Å². The van der Waals surface area contributed by atoms with Gasteiger partial charge in [0.15, 0.2) is 0 Å². The lowest BCUT2D eigenvalue weighted by atomic mass is 10.1. The zero-order valence-electron chi connectivity index (χ0n) is 11.4. The Bertz CT molecular complexity index is 414. The van der Waals surface area contributed by atoms with E-state index in [1.54, 1.807) is 0 Å². The number of nitrogens with zero attached hydrogens (tertiary/aromatic N) is 1. The van der Waals surface area contributed by atoms with E-state index in [4.69, 9.17) is 5.73 Å². The molecule has 1 aliphatic rings. The van der Waals surface area contributed by atoms with Gasteiger partial charge in [-0.2, -0.15) is 0 Å². The summed E-state index contributed by atoms with van der Waals surface area (Å²) >= 11 is 0. The number of likely N-dealkylation sites (tertiary alicyclic amines) is 1. The van der Waals surface area contributed by atoms with E-state index in [0.29, 0.717) is 12.1 Å². The molecule has 0 saturated carbocycles. The Morgan fingerprint density at radius 1 is 1.32 bits per heavy atom. The molecule has 1 aromatic carbocycles. The van der Waals surface area contributed by atoms with Gasteiger partial charge in [-0.3, -0.25) is 4.79 Å². The first kappa shape index (κ1) is 14.0. The standard InChI is InChI=1S/C15H23N3O/c16-12-13-5-3-6-14(11-13)15(19)17-7-4-10-18-8-1-2-9-18/h3,5-6,11H,1-2,4,7-10,12,16H2,(H,17,19). The van der Waals surface area contributed by atoms with E-state index in [-0.39, 0.29) is 5.91 Å². The molecule has 1 amide bonds. The smallest absolute Gasteiger partial charge is 0.251 e. The largest absolute Gasteiger partial charge is 0.352 e. The minimum Gasteiger partial charge on any atom is -0.352 e. The molecule has 1 aromatic rings. The summed E-state index contributed by atoms with van der Waals surface area (Å²) in [5, 5.41) is 2.97. The van der Waals surface area contributed by atoms with Crippen molar-refractivity contribution >= 4 is 5.91 Å². The molecule has 19 heavy (non-hydrogen) atoms. The van der Waals surface area contributed by atoms with E-state index in [9.17, 15) is 4.79 Å². The summed E-state index contributed by atoms with van der Waals surface area (Å²) in [6, 6.07) is 7.50. The van der Waals surface area contributed by atoms with Crippen molar-refractivity contribution in [1.82, 2.24) is 10.2 Å². The normalized spacial score (nSPS) is 15.6. The fourth-order valence-electron chi connectivity index (χ4n) is 2.45. The SMILES string of the molecule is NCc1cccc(C(=O)NCCCN2CCCC2)c1. The average Bonchev–Trinajstić information content (AvgIpc) is 2.96. The van der Waals surface area contributed by atoms with Gasteiger partial charge in [-0.15, -0.1) is 0 Å². The summed E-state index contributed by atoms with van der Waals surface area (Å²) in [4.78, 5) is 14.4. The van der Waals surface area contributed by atoms with Crippen LogP contribution >= 0.6 is 0 Å². The van der Waals surface area contributed by atoms with Crippen LogP contribution in [0.4, 0.5) is 0 Å². The summed E-state index contributed by atoms with van der Waals surface area (Å²) in [5.74, 6) is -0.00304. The Labute approximate surface area is 115 Å². The van der Waals surface area contributed by atoms with Gasteiger partial charge in [0.1, 0.15) is 0 Å². The van der Waals surface area contributed by atoms with Crippen molar-refractivity contribution in [2.75, 3.05) is 26.2 Å². The number of nitrogens with two attached hydrogens (primary N) is 1. The maximum absolute atomic E-state index is 11.9. The first-order valence-electron chi connectivity index (χ1n) is 7.09. The summed E-state index contributed by atoms with van der Waals surface area (Å²) in [5.41, 5.74) is 7.26. The first-order valence-corrected chi connectivity index (χ1v) is 7.09. The molecule has 1 aliphatic heterocycles. The van der Waals surface area contributed by atoms with Crippen LogP contribution in [-0.2, 0) is 6.54 Å². The maximum Gasteiger partial charge on any atom is 0.251 e. The van der Waals surface area contributed by atoms with Crippen molar-refractivity contribution in [3.8, 4) is 0 Å². The lowest BCUT2D eigenvalue weighted by Crippen LogP contribution is -2.28. The van der Waals surface area contributed by atoms with E-state index < -0.39 is 0 Å². The van der Waals surface area contributed by atoms with Crippen molar-refractivity contribution in [2.24, 2.45) is 5.73 Å². The number of carbonyl (C=O) groups is 1. The molecule has 0 radical (unpaired) electrons. The predicted molar refractivity (Wildman–Crippen MR) is 77.0 cm³/mol. The number of amides is 1. The van der Waals surface area contributed by atoms with Crippen molar-refractivity contribution in [2.45, 2.75) is 25.8 Å². The second kappa shape index (κ2) is 7.26. The average molecular weight is 261 g/mol. The molecule has 1 heterocycles. The maximum atomic E-state index is 11.9. The van der Waals surface area contributed by atoms with Gasteiger partial charge < -0.3 is 16.0 Å². The molecule has 104 valence electrons. The van der Waals surface area contributed by atoms with Crippen LogP contribution in [0.1, 0.15) is 35.2 Å². The molecular weight excluding hydrogens is 238 g/mol. The summed E-state index contributed by atoms with van der Waals surface area (Å²) in [6.07, 6.45) is 3.65. The van der Waals surface area contributed by atoms with E-state index >= 15 is 0 Å². The molecule has 2 rings (SSSR count). The number of hydrogen-bond donors (Lipinski definition) is 2. The van der Waals surface area contributed by atoms with Crippen LogP contribution in [0.5, 0.6) is 0 Å². The zero-order chi connectivity index (χ0) is 13.5. The minimum absolute atomic E-state index is 0.00304. The van der Waals surface area contributed by atoms with Crippen LogP contribution in [0.3, 0.4) is 0 Å². The predicted octanol–water partition coefficient (Wildman–Crippen LogP) is 1.36. The van der Waals surface area contributed by atoms with Crippen LogP contribution in [-0.4, -0.2) is 37.0 Å². The molecular formula is C15H23N3O. The lowest BCUT2D eigenvalue weighted by Gasteiger charge is -2.14. The molecule has 0 aliphatic carbocycles. The number of benzene rings is 1. The van der Waals surface area contributed by atoms with Gasteiger partial charge in [0.05, 0.1) is 0 Å². The molecule has 0 atom stereocenters. The van der Waals surface area contributed by atoms with Gasteiger partial charge in [-0.05, 0) is 56.6 Å². The number of rotatable bonds is 6. The summed E-state index contributed by atoms with van der Waals surface area (Å²) < 4.78 is 0. The zero-order valence-corrected chi connectivity index (χ0v) is 11.4. The Morgan fingerprint density at radius 3 is 2.84 bits per heavy atom. The third-order valence-corrected chi connectivity index (χ3v) is 3.56. The van der Waals surface area contributed by atoms with Crippen molar-refractivity contribution in [3.05, 3.63) is 35.4 Å². The fraction of sp³-hybridized carbons (Fsp3) is 0.533. The lowest BCUT2D eigenvalue weighted by molar-refractivity contribution is 0.0952. The highest BCUT2D eigenvalue weighted by molar-refractivity contribution is 5.94. The monoisotopic (exact) mass is 261 g/mol. The van der Waals surface area contributed by atoms with Crippen molar-refractivity contribution in [3.63, 3.8) is 0 Å². The molecule has 4 heteroatoms. The molecule has 0 spiro atoms. The van der Waals surface area contributed by atoms with Crippen LogP contribution in [0.2, 0.25) is 0 Å². The highest BCUT2D eigenvalue weighted by Gasteiger charge is 2.10. The van der Waals surface area contributed by atoms with Crippen LogP contribution in [0.25, 0.3) is 0 Å². The van der Waals surface area contributed by atoms with Gasteiger partial charge in [0, 0.05) is 18.7 Å². The first-order chi connectivity index (χ1) is 9.29. The molecule has 1 saturated heterocycles. The second-order valence-corrected chi connectivity index (χ2v) is 5.06. The fourth-order valence-corrected chi connectivity index (χ4v) is 2.45. The second-order valence-electron chi connectivity index (χ2n) is 5.06. The van der Waals surface area contributed by atoms with Gasteiger partial charge >= 0.3 is 0 Å². The third-order valence-electron chi connectivity index (χ3n) is 3.56. The van der Waals surface area contributed by atoms with Crippen LogP contribution in [0.15, 0.2) is 24.3 Å². The van der Waals surface area contributed by atoms with Crippen molar-refractivity contribution in [1.29, 1.82) is 0 Å².